The highest BCUT2D eigenvalue weighted by Crippen LogP contribution is 2.10. The number of carbonyl (C=O) groups is 2. The zero-order chi connectivity index (χ0) is 11.8. The highest BCUT2D eigenvalue weighted by Gasteiger charge is 2.16. The summed E-state index contributed by atoms with van der Waals surface area (Å²) < 4.78 is 10.00. The van der Waals surface area contributed by atoms with Crippen LogP contribution in [0.4, 0.5) is 4.79 Å². The van der Waals surface area contributed by atoms with Crippen LogP contribution in [0, 0.1) is 0 Å². The topological polar surface area (TPSA) is 76.7 Å². The van der Waals surface area contributed by atoms with E-state index in [1.165, 1.54) is 0 Å². The van der Waals surface area contributed by atoms with Crippen molar-refractivity contribution in [3.8, 4) is 0 Å². The van der Waals surface area contributed by atoms with Gasteiger partial charge in [-0.1, -0.05) is 0 Å². The van der Waals surface area contributed by atoms with Crippen molar-refractivity contribution in [2.75, 3.05) is 26.3 Å². The Labute approximate surface area is 94.7 Å². The molecule has 1 aliphatic heterocycles. The molecule has 1 heterocycles. The van der Waals surface area contributed by atoms with Crippen molar-refractivity contribution in [1.82, 2.24) is 10.6 Å². The van der Waals surface area contributed by atoms with Crippen LogP contribution in [0.2, 0.25) is 0 Å². The summed E-state index contributed by atoms with van der Waals surface area (Å²) >= 11 is 0. The van der Waals surface area contributed by atoms with Gasteiger partial charge in [0, 0.05) is 13.2 Å². The smallest absolute Gasteiger partial charge is 0.325 e. The van der Waals surface area contributed by atoms with Gasteiger partial charge in [0.25, 0.3) is 0 Å². The summed E-state index contributed by atoms with van der Waals surface area (Å²) in [7, 11) is 0. The van der Waals surface area contributed by atoms with Crippen molar-refractivity contribution in [3.05, 3.63) is 0 Å². The zero-order valence-corrected chi connectivity index (χ0v) is 9.45. The van der Waals surface area contributed by atoms with Gasteiger partial charge in [0.15, 0.2) is 0 Å². The van der Waals surface area contributed by atoms with Gasteiger partial charge in [0.1, 0.15) is 6.54 Å². The standard InChI is InChI=1S/C10H18N2O4/c1-2-15-9(13)7-12-10(14)11-6-8-4-3-5-16-8/h8H,2-7H2,1H3,(H2,11,12,14). The fourth-order valence-corrected chi connectivity index (χ4v) is 1.44. The highest BCUT2D eigenvalue weighted by molar-refractivity contribution is 5.80. The maximum atomic E-state index is 11.2. The van der Waals surface area contributed by atoms with E-state index >= 15 is 0 Å². The average Bonchev–Trinajstić information content (AvgIpc) is 2.77. The molecule has 0 aliphatic carbocycles. The Kier molecular flexibility index (Phi) is 5.63. The summed E-state index contributed by atoms with van der Waals surface area (Å²) in [5.74, 6) is -0.435. The van der Waals surface area contributed by atoms with E-state index in [9.17, 15) is 9.59 Å². The van der Waals surface area contributed by atoms with Crippen molar-refractivity contribution in [2.45, 2.75) is 25.9 Å². The fraction of sp³-hybridized carbons (Fsp3) is 0.800. The molecule has 16 heavy (non-hydrogen) atoms. The van der Waals surface area contributed by atoms with Gasteiger partial charge in [-0.15, -0.1) is 0 Å². The normalized spacial score (nSPS) is 19.2. The highest BCUT2D eigenvalue weighted by atomic mass is 16.5. The van der Waals surface area contributed by atoms with Crippen LogP contribution >= 0.6 is 0 Å². The molecule has 0 aromatic rings. The van der Waals surface area contributed by atoms with E-state index in [-0.39, 0.29) is 18.7 Å². The van der Waals surface area contributed by atoms with Crippen LogP contribution in [0.5, 0.6) is 0 Å². The van der Waals surface area contributed by atoms with Crippen molar-refractivity contribution < 1.29 is 19.1 Å². The van der Waals surface area contributed by atoms with Crippen LogP contribution in [0.3, 0.4) is 0 Å². The molecule has 2 N–H and O–H groups in total. The van der Waals surface area contributed by atoms with Gasteiger partial charge in [0.2, 0.25) is 0 Å². The SMILES string of the molecule is CCOC(=O)CNC(=O)NCC1CCCO1. The molecule has 6 heteroatoms. The number of carbonyl (C=O) groups excluding carboxylic acids is 2. The van der Waals surface area contributed by atoms with Crippen LogP contribution < -0.4 is 10.6 Å². The number of esters is 1. The van der Waals surface area contributed by atoms with Crippen molar-refractivity contribution in [2.24, 2.45) is 0 Å². The lowest BCUT2D eigenvalue weighted by Gasteiger charge is -2.11. The van der Waals surface area contributed by atoms with Crippen molar-refractivity contribution >= 4 is 12.0 Å². The number of ether oxygens (including phenoxy) is 2. The molecule has 1 atom stereocenters. The predicted octanol–water partition coefficient (Wildman–Crippen LogP) is 0.0277. The lowest BCUT2D eigenvalue weighted by molar-refractivity contribution is -0.141. The molecule has 0 aromatic carbocycles. The average molecular weight is 230 g/mol. The van der Waals surface area contributed by atoms with E-state index in [0.29, 0.717) is 13.2 Å². The molecule has 0 saturated carbocycles. The second-order valence-corrected chi connectivity index (χ2v) is 3.50. The van der Waals surface area contributed by atoms with Crippen molar-refractivity contribution in [3.63, 3.8) is 0 Å². The number of nitrogens with one attached hydrogen (secondary N) is 2. The molecular weight excluding hydrogens is 212 g/mol. The quantitative estimate of drug-likeness (QED) is 0.653. The van der Waals surface area contributed by atoms with Gasteiger partial charge in [-0.2, -0.15) is 0 Å². The summed E-state index contributed by atoms with van der Waals surface area (Å²) in [5.41, 5.74) is 0. The number of hydrogen-bond donors (Lipinski definition) is 2. The van der Waals surface area contributed by atoms with Gasteiger partial charge >= 0.3 is 12.0 Å². The monoisotopic (exact) mass is 230 g/mol. The molecule has 1 fully saturated rings. The molecular formula is C10H18N2O4. The number of amides is 2. The van der Waals surface area contributed by atoms with Gasteiger partial charge in [-0.3, -0.25) is 4.79 Å². The molecule has 0 spiro atoms. The van der Waals surface area contributed by atoms with E-state index in [1.807, 2.05) is 0 Å². The van der Waals surface area contributed by atoms with Crippen LogP contribution in [0.25, 0.3) is 0 Å². The van der Waals surface area contributed by atoms with E-state index in [2.05, 4.69) is 15.4 Å². The zero-order valence-electron chi connectivity index (χ0n) is 9.45. The Balaban J connectivity index is 2.04. The maximum absolute atomic E-state index is 11.2. The summed E-state index contributed by atoms with van der Waals surface area (Å²) in [5, 5.41) is 5.05. The lowest BCUT2D eigenvalue weighted by Crippen LogP contribution is -2.41. The largest absolute Gasteiger partial charge is 0.465 e. The first-order valence-corrected chi connectivity index (χ1v) is 5.51. The molecule has 6 nitrogen and oxygen atoms in total. The molecule has 2 amide bonds. The minimum atomic E-state index is -0.435. The number of urea groups is 1. The van der Waals surface area contributed by atoms with Gasteiger partial charge in [-0.25, -0.2) is 4.79 Å². The van der Waals surface area contributed by atoms with E-state index in [1.54, 1.807) is 6.92 Å². The minimum absolute atomic E-state index is 0.105. The van der Waals surface area contributed by atoms with Crippen LogP contribution in [0.1, 0.15) is 19.8 Å². The summed E-state index contributed by atoms with van der Waals surface area (Å²) in [6.45, 7) is 3.17. The molecule has 92 valence electrons. The van der Waals surface area contributed by atoms with Crippen LogP contribution in [-0.2, 0) is 14.3 Å². The van der Waals surface area contributed by atoms with Gasteiger partial charge in [-0.05, 0) is 19.8 Å². The van der Waals surface area contributed by atoms with Crippen molar-refractivity contribution in [1.29, 1.82) is 0 Å². The third-order valence-corrected chi connectivity index (χ3v) is 2.21. The van der Waals surface area contributed by atoms with E-state index in [0.717, 1.165) is 19.4 Å². The lowest BCUT2D eigenvalue weighted by atomic mass is 10.2. The Bertz CT molecular complexity index is 239. The van der Waals surface area contributed by atoms with Gasteiger partial charge in [0.05, 0.1) is 12.7 Å². The summed E-state index contributed by atoms with van der Waals surface area (Å²) in [6, 6.07) is -0.372. The molecule has 1 unspecified atom stereocenters. The molecule has 0 radical (unpaired) electrons. The van der Waals surface area contributed by atoms with Crippen LogP contribution in [0.15, 0.2) is 0 Å². The first-order chi connectivity index (χ1) is 7.72. The Hall–Kier alpha value is -1.30. The molecule has 1 aliphatic rings. The van der Waals surface area contributed by atoms with E-state index in [4.69, 9.17) is 4.74 Å². The fourth-order valence-electron chi connectivity index (χ4n) is 1.44. The molecule has 1 saturated heterocycles. The number of hydrogen-bond acceptors (Lipinski definition) is 4. The Morgan fingerprint density at radius 2 is 2.25 bits per heavy atom. The third kappa shape index (κ3) is 4.97. The summed E-state index contributed by atoms with van der Waals surface area (Å²) in [4.78, 5) is 22.1. The van der Waals surface area contributed by atoms with Gasteiger partial charge < -0.3 is 20.1 Å². The maximum Gasteiger partial charge on any atom is 0.325 e. The second kappa shape index (κ2) is 7.05. The molecule has 0 bridgehead atoms. The second-order valence-electron chi connectivity index (χ2n) is 3.50. The van der Waals surface area contributed by atoms with E-state index < -0.39 is 5.97 Å². The third-order valence-electron chi connectivity index (χ3n) is 2.21. The number of rotatable bonds is 5. The Morgan fingerprint density at radius 3 is 2.88 bits per heavy atom. The first-order valence-electron chi connectivity index (χ1n) is 5.51. The van der Waals surface area contributed by atoms with Crippen LogP contribution in [-0.4, -0.2) is 44.4 Å². The predicted molar refractivity (Wildman–Crippen MR) is 57.0 cm³/mol. The minimum Gasteiger partial charge on any atom is -0.465 e. The summed E-state index contributed by atoms with van der Waals surface area (Å²) in [6.07, 6.45) is 2.11. The molecule has 1 rings (SSSR count). The Morgan fingerprint density at radius 1 is 1.44 bits per heavy atom. The molecule has 0 aromatic heterocycles. The first kappa shape index (κ1) is 12.8.